The normalized spacial score (nSPS) is 22.8. The van der Waals surface area contributed by atoms with Crippen molar-refractivity contribution in [3.8, 4) is 0 Å². The molecule has 3 aromatic rings. The molecule has 1 aromatic heterocycles. The fourth-order valence-electron chi connectivity index (χ4n) is 6.08. The maximum Gasteiger partial charge on any atom is 0.337 e. The molecule has 3 aliphatic rings. The SMILES string of the molecule is COC(=O)c1ccc2nc(N3C[C@H]4CC(OCC(C(=O)C5CC5)=C(N)c5c(Cl)cccc5Cl)C[C@H]4C3)ccc2c1. The number of ether oxygens (including phenoxy) is 2. The second-order valence-electron chi connectivity index (χ2n) is 11.0. The molecular weight excluding hydrogens is 549 g/mol. The number of Topliss-reactive ketones (excluding diaryl/α,β-unsaturated/α-hetero) is 1. The van der Waals surface area contributed by atoms with E-state index in [-0.39, 0.29) is 30.4 Å². The van der Waals surface area contributed by atoms with Gasteiger partial charge in [-0.15, -0.1) is 0 Å². The van der Waals surface area contributed by atoms with Crippen LogP contribution < -0.4 is 10.6 Å². The van der Waals surface area contributed by atoms with Crippen LogP contribution in [0.25, 0.3) is 16.6 Å². The van der Waals surface area contributed by atoms with Gasteiger partial charge >= 0.3 is 5.97 Å². The number of nitrogens with zero attached hydrogens (tertiary/aromatic N) is 2. The smallest absolute Gasteiger partial charge is 0.337 e. The van der Waals surface area contributed by atoms with E-state index in [1.165, 1.54) is 7.11 Å². The van der Waals surface area contributed by atoms with Crippen LogP contribution in [-0.2, 0) is 14.3 Å². The molecule has 6 rings (SSSR count). The number of ketones is 1. The minimum atomic E-state index is -0.356. The molecule has 0 radical (unpaired) electrons. The molecule has 0 spiro atoms. The average molecular weight is 581 g/mol. The van der Waals surface area contributed by atoms with Gasteiger partial charge in [-0.1, -0.05) is 29.3 Å². The van der Waals surface area contributed by atoms with Gasteiger partial charge in [0.25, 0.3) is 0 Å². The van der Waals surface area contributed by atoms with Crippen LogP contribution in [0.15, 0.2) is 54.1 Å². The fraction of sp³-hybridized carbons (Fsp3) is 0.387. The van der Waals surface area contributed by atoms with E-state index in [2.05, 4.69) is 4.90 Å². The molecule has 0 amide bonds. The Morgan fingerprint density at radius 3 is 2.38 bits per heavy atom. The summed E-state index contributed by atoms with van der Waals surface area (Å²) in [6, 6.07) is 14.6. The zero-order valence-electron chi connectivity index (χ0n) is 22.2. The lowest BCUT2D eigenvalue weighted by Gasteiger charge is -2.21. The Kier molecular flexibility index (Phi) is 7.46. The third kappa shape index (κ3) is 5.30. The average Bonchev–Trinajstić information content (AvgIpc) is 3.63. The van der Waals surface area contributed by atoms with Crippen molar-refractivity contribution >= 4 is 57.4 Å². The molecular formula is C31H31Cl2N3O4. The first-order chi connectivity index (χ1) is 19.3. The molecule has 0 bridgehead atoms. The molecule has 2 aromatic carbocycles. The summed E-state index contributed by atoms with van der Waals surface area (Å²) in [4.78, 5) is 32.2. The molecule has 3 atom stereocenters. The molecule has 1 aliphatic heterocycles. The van der Waals surface area contributed by atoms with Crippen molar-refractivity contribution in [3.05, 3.63) is 75.3 Å². The summed E-state index contributed by atoms with van der Waals surface area (Å²) in [6.07, 6.45) is 3.67. The number of halogens is 2. The molecule has 2 saturated carbocycles. The zero-order valence-corrected chi connectivity index (χ0v) is 23.8. The first-order valence-corrected chi connectivity index (χ1v) is 14.4. The van der Waals surface area contributed by atoms with Gasteiger partial charge in [-0.3, -0.25) is 4.79 Å². The van der Waals surface area contributed by atoms with Crippen molar-refractivity contribution in [1.29, 1.82) is 0 Å². The highest BCUT2D eigenvalue weighted by Crippen LogP contribution is 2.42. The number of methoxy groups -OCH3 is 1. The summed E-state index contributed by atoms with van der Waals surface area (Å²) in [6.45, 7) is 1.98. The van der Waals surface area contributed by atoms with Gasteiger partial charge in [-0.2, -0.15) is 0 Å². The number of anilines is 1. The number of rotatable bonds is 8. The van der Waals surface area contributed by atoms with Gasteiger partial charge in [0.15, 0.2) is 5.78 Å². The molecule has 2 N–H and O–H groups in total. The van der Waals surface area contributed by atoms with Gasteiger partial charge in [-0.25, -0.2) is 9.78 Å². The van der Waals surface area contributed by atoms with Crippen molar-refractivity contribution in [2.75, 3.05) is 31.7 Å². The van der Waals surface area contributed by atoms with Crippen LogP contribution in [0.5, 0.6) is 0 Å². The monoisotopic (exact) mass is 579 g/mol. The minimum absolute atomic E-state index is 0.0106. The molecule has 208 valence electrons. The Labute approximate surface area is 243 Å². The van der Waals surface area contributed by atoms with Crippen molar-refractivity contribution in [1.82, 2.24) is 4.98 Å². The Bertz CT molecular complexity index is 1490. The Hall–Kier alpha value is -3.13. The van der Waals surface area contributed by atoms with Gasteiger partial charge < -0.3 is 20.1 Å². The number of pyridine rings is 1. The summed E-state index contributed by atoms with van der Waals surface area (Å²) in [7, 11) is 1.38. The van der Waals surface area contributed by atoms with Gasteiger partial charge in [0.2, 0.25) is 0 Å². The number of carbonyl (C=O) groups is 2. The molecule has 3 fully saturated rings. The van der Waals surface area contributed by atoms with E-state index in [0.29, 0.717) is 44.3 Å². The molecule has 7 nitrogen and oxygen atoms in total. The van der Waals surface area contributed by atoms with Crippen LogP contribution in [0.1, 0.15) is 41.6 Å². The number of carbonyl (C=O) groups excluding carboxylic acids is 2. The van der Waals surface area contributed by atoms with Gasteiger partial charge in [0, 0.05) is 35.5 Å². The maximum absolute atomic E-state index is 13.2. The lowest BCUT2D eigenvalue weighted by Crippen LogP contribution is -2.25. The van der Waals surface area contributed by atoms with Crippen molar-refractivity contribution in [2.24, 2.45) is 23.5 Å². The Morgan fingerprint density at radius 2 is 1.73 bits per heavy atom. The number of esters is 1. The van der Waals surface area contributed by atoms with E-state index < -0.39 is 0 Å². The first kappa shape index (κ1) is 27.1. The number of nitrogens with two attached hydrogens (primary N) is 1. The summed E-state index contributed by atoms with van der Waals surface area (Å²) in [5, 5.41) is 1.75. The summed E-state index contributed by atoms with van der Waals surface area (Å²) >= 11 is 12.8. The Balaban J connectivity index is 1.11. The third-order valence-corrected chi connectivity index (χ3v) is 9.02. The lowest BCUT2D eigenvalue weighted by molar-refractivity contribution is -0.117. The molecule has 40 heavy (non-hydrogen) atoms. The summed E-state index contributed by atoms with van der Waals surface area (Å²) in [5.74, 6) is 1.62. The third-order valence-electron chi connectivity index (χ3n) is 8.39. The highest BCUT2D eigenvalue weighted by molar-refractivity contribution is 6.37. The van der Waals surface area contributed by atoms with Crippen LogP contribution in [0.2, 0.25) is 10.0 Å². The van der Waals surface area contributed by atoms with E-state index >= 15 is 0 Å². The van der Waals surface area contributed by atoms with E-state index in [0.717, 1.165) is 55.5 Å². The Morgan fingerprint density at radius 1 is 1.02 bits per heavy atom. The van der Waals surface area contributed by atoms with Gasteiger partial charge in [0.05, 0.1) is 46.6 Å². The number of hydrogen-bond acceptors (Lipinski definition) is 7. The van der Waals surface area contributed by atoms with Crippen molar-refractivity contribution < 1.29 is 19.1 Å². The van der Waals surface area contributed by atoms with Crippen LogP contribution in [0.4, 0.5) is 5.82 Å². The predicted molar refractivity (Wildman–Crippen MR) is 157 cm³/mol. The van der Waals surface area contributed by atoms with E-state index in [1.54, 1.807) is 24.3 Å². The highest BCUT2D eigenvalue weighted by Gasteiger charge is 2.42. The summed E-state index contributed by atoms with van der Waals surface area (Å²) < 4.78 is 11.2. The van der Waals surface area contributed by atoms with Crippen LogP contribution in [0, 0.1) is 17.8 Å². The zero-order chi connectivity index (χ0) is 28.0. The van der Waals surface area contributed by atoms with Crippen LogP contribution in [0.3, 0.4) is 0 Å². The largest absolute Gasteiger partial charge is 0.465 e. The maximum atomic E-state index is 13.2. The highest BCUT2D eigenvalue weighted by atomic mass is 35.5. The standard InChI is InChI=1S/C31H31Cl2N3O4/c1-39-31(38)19-7-9-26-18(11-19)8-10-27(35-26)36-14-20-12-22(13-21(20)15-36)40-16-23(30(37)17-5-6-17)29(34)28-24(32)3-2-4-25(28)33/h2-4,7-11,17,20-22H,5-6,12-16,34H2,1H3/t20-,21+,22?. The number of benzene rings is 2. The quantitative estimate of drug-likeness (QED) is 0.262. The number of fused-ring (bicyclic) bond motifs is 2. The second kappa shape index (κ2) is 11.0. The number of aromatic nitrogens is 1. The molecule has 2 heterocycles. The molecule has 1 unspecified atom stereocenters. The van der Waals surface area contributed by atoms with E-state index in [9.17, 15) is 9.59 Å². The molecule has 9 heteroatoms. The van der Waals surface area contributed by atoms with Crippen molar-refractivity contribution in [2.45, 2.75) is 31.8 Å². The second-order valence-corrected chi connectivity index (χ2v) is 11.8. The molecule has 1 saturated heterocycles. The first-order valence-electron chi connectivity index (χ1n) is 13.6. The van der Waals surface area contributed by atoms with Crippen LogP contribution >= 0.6 is 23.2 Å². The minimum Gasteiger partial charge on any atom is -0.465 e. The van der Waals surface area contributed by atoms with Crippen LogP contribution in [-0.4, -0.2) is 49.6 Å². The predicted octanol–water partition coefficient (Wildman–Crippen LogP) is 5.91. The van der Waals surface area contributed by atoms with E-state index in [1.807, 2.05) is 24.3 Å². The van der Waals surface area contributed by atoms with Gasteiger partial charge in [-0.05, 0) is 80.0 Å². The van der Waals surface area contributed by atoms with Crippen molar-refractivity contribution in [3.63, 3.8) is 0 Å². The topological polar surface area (TPSA) is 94.7 Å². The lowest BCUT2D eigenvalue weighted by atomic mass is 10.0. The summed E-state index contributed by atoms with van der Waals surface area (Å²) in [5.41, 5.74) is 9.17. The van der Waals surface area contributed by atoms with Gasteiger partial charge in [0.1, 0.15) is 5.82 Å². The molecule has 2 aliphatic carbocycles. The number of hydrogen-bond donors (Lipinski definition) is 1. The van der Waals surface area contributed by atoms with E-state index in [4.69, 9.17) is 43.4 Å². The fourth-order valence-corrected chi connectivity index (χ4v) is 6.69.